The summed E-state index contributed by atoms with van der Waals surface area (Å²) in [5.41, 5.74) is 7.71. The Balaban J connectivity index is 1.90. The number of halogens is 2. The summed E-state index contributed by atoms with van der Waals surface area (Å²) in [6.07, 6.45) is 3.33. The van der Waals surface area contributed by atoms with Crippen LogP contribution in [-0.4, -0.2) is 23.1 Å². The maximum absolute atomic E-state index is 6.21. The van der Waals surface area contributed by atoms with Crippen LogP contribution in [0, 0.1) is 6.92 Å². The molecule has 26 heavy (non-hydrogen) atoms. The zero-order chi connectivity index (χ0) is 18.4. The highest BCUT2D eigenvalue weighted by Gasteiger charge is 2.21. The van der Waals surface area contributed by atoms with Gasteiger partial charge in [-0.1, -0.05) is 40.9 Å². The molecule has 1 aliphatic rings. The summed E-state index contributed by atoms with van der Waals surface area (Å²) in [6, 6.07) is 12.6. The molecule has 0 amide bonds. The Bertz CT molecular complexity index is 1030. The summed E-state index contributed by atoms with van der Waals surface area (Å²) in [4.78, 5) is 2.38. The number of hydrogen-bond acceptors (Lipinski definition) is 1. The SMILES string of the molecule is CC(=Cn1c2c(c3cc(C)ccc31)CCN(C)C2)c1ccc(Cl)c(Cl)c1. The van der Waals surface area contributed by atoms with E-state index in [0.29, 0.717) is 10.0 Å². The zero-order valence-electron chi connectivity index (χ0n) is 15.3. The van der Waals surface area contributed by atoms with Crippen LogP contribution in [0.3, 0.4) is 0 Å². The monoisotopic (exact) mass is 384 g/mol. The number of rotatable bonds is 2. The van der Waals surface area contributed by atoms with Crippen LogP contribution >= 0.6 is 23.2 Å². The lowest BCUT2D eigenvalue weighted by Crippen LogP contribution is -2.27. The first kappa shape index (κ1) is 17.7. The summed E-state index contributed by atoms with van der Waals surface area (Å²) in [5, 5.41) is 2.56. The lowest BCUT2D eigenvalue weighted by molar-refractivity contribution is 0.308. The number of benzene rings is 2. The van der Waals surface area contributed by atoms with E-state index in [1.165, 1.54) is 27.7 Å². The molecule has 0 spiro atoms. The zero-order valence-corrected chi connectivity index (χ0v) is 16.8. The van der Waals surface area contributed by atoms with E-state index in [2.05, 4.69) is 54.8 Å². The Kier molecular flexibility index (Phi) is 4.60. The first-order chi connectivity index (χ1) is 12.4. The Morgan fingerprint density at radius 3 is 2.65 bits per heavy atom. The summed E-state index contributed by atoms with van der Waals surface area (Å²) < 4.78 is 2.36. The van der Waals surface area contributed by atoms with E-state index in [9.17, 15) is 0 Å². The molecule has 0 saturated heterocycles. The van der Waals surface area contributed by atoms with Gasteiger partial charge in [0.2, 0.25) is 0 Å². The van der Waals surface area contributed by atoms with Gasteiger partial charge in [0.05, 0.1) is 15.6 Å². The number of aryl methyl sites for hydroxylation is 1. The molecule has 2 heterocycles. The average molecular weight is 385 g/mol. The van der Waals surface area contributed by atoms with E-state index < -0.39 is 0 Å². The van der Waals surface area contributed by atoms with Gasteiger partial charge in [-0.25, -0.2) is 0 Å². The van der Waals surface area contributed by atoms with Crippen LogP contribution in [0.5, 0.6) is 0 Å². The number of aromatic nitrogens is 1. The third-order valence-corrected chi connectivity index (χ3v) is 5.98. The van der Waals surface area contributed by atoms with Gasteiger partial charge in [0, 0.05) is 30.4 Å². The predicted octanol–water partition coefficient (Wildman–Crippen LogP) is 6.26. The number of nitrogens with zero attached hydrogens (tertiary/aromatic N) is 2. The first-order valence-electron chi connectivity index (χ1n) is 8.88. The van der Waals surface area contributed by atoms with Gasteiger partial charge in [0.1, 0.15) is 0 Å². The smallest absolute Gasteiger partial charge is 0.0598 e. The maximum Gasteiger partial charge on any atom is 0.0598 e. The van der Waals surface area contributed by atoms with Crippen LogP contribution in [-0.2, 0) is 13.0 Å². The fourth-order valence-electron chi connectivity index (χ4n) is 3.79. The minimum atomic E-state index is 0.587. The molecule has 1 aliphatic heterocycles. The summed E-state index contributed by atoms with van der Waals surface area (Å²) in [7, 11) is 2.19. The van der Waals surface area contributed by atoms with E-state index >= 15 is 0 Å². The van der Waals surface area contributed by atoms with Crippen LogP contribution in [0.2, 0.25) is 10.0 Å². The van der Waals surface area contributed by atoms with Crippen molar-refractivity contribution in [3.63, 3.8) is 0 Å². The highest BCUT2D eigenvalue weighted by atomic mass is 35.5. The molecular formula is C22H22Cl2N2. The molecule has 0 saturated carbocycles. The summed E-state index contributed by atoms with van der Waals surface area (Å²) in [5.74, 6) is 0. The van der Waals surface area contributed by atoms with E-state index in [-0.39, 0.29) is 0 Å². The van der Waals surface area contributed by atoms with Crippen molar-refractivity contribution in [3.05, 3.63) is 68.8 Å². The molecular weight excluding hydrogens is 363 g/mol. The van der Waals surface area contributed by atoms with Gasteiger partial charge in [-0.15, -0.1) is 0 Å². The number of likely N-dealkylation sites (N-methyl/N-ethyl adjacent to an activating group) is 1. The van der Waals surface area contributed by atoms with Crippen LogP contribution in [0.25, 0.3) is 22.7 Å². The molecule has 0 bridgehead atoms. The van der Waals surface area contributed by atoms with Crippen LogP contribution in [0.15, 0.2) is 36.4 Å². The minimum absolute atomic E-state index is 0.587. The standard InChI is InChI=1S/C22H22Cl2N2/c1-14-4-7-21-18(10-14)17-8-9-25(3)13-22(17)26(21)12-15(2)16-5-6-19(23)20(24)11-16/h4-7,10-12H,8-9,13H2,1-3H3. The van der Waals surface area contributed by atoms with E-state index in [4.69, 9.17) is 23.2 Å². The van der Waals surface area contributed by atoms with Gasteiger partial charge < -0.3 is 9.47 Å². The summed E-state index contributed by atoms with van der Waals surface area (Å²) >= 11 is 12.3. The topological polar surface area (TPSA) is 8.17 Å². The molecule has 0 N–H and O–H groups in total. The lowest BCUT2D eigenvalue weighted by atomic mass is 10.0. The van der Waals surface area contributed by atoms with Crippen molar-refractivity contribution in [2.75, 3.05) is 13.6 Å². The largest absolute Gasteiger partial charge is 0.318 e. The maximum atomic E-state index is 6.21. The molecule has 2 aromatic carbocycles. The van der Waals surface area contributed by atoms with Gasteiger partial charge in [0.25, 0.3) is 0 Å². The van der Waals surface area contributed by atoms with Gasteiger partial charge in [-0.05, 0) is 68.3 Å². The molecule has 1 aromatic heterocycles. The van der Waals surface area contributed by atoms with Crippen molar-refractivity contribution in [2.45, 2.75) is 26.8 Å². The van der Waals surface area contributed by atoms with Crippen molar-refractivity contribution in [2.24, 2.45) is 0 Å². The van der Waals surface area contributed by atoms with Crippen molar-refractivity contribution >= 4 is 45.9 Å². The molecule has 2 nitrogen and oxygen atoms in total. The second-order valence-electron chi connectivity index (χ2n) is 7.24. The molecule has 0 radical (unpaired) electrons. The fourth-order valence-corrected chi connectivity index (χ4v) is 4.09. The minimum Gasteiger partial charge on any atom is -0.318 e. The Morgan fingerprint density at radius 1 is 1.08 bits per heavy atom. The molecule has 0 aliphatic carbocycles. The number of hydrogen-bond donors (Lipinski definition) is 0. The quantitative estimate of drug-likeness (QED) is 0.505. The predicted molar refractivity (Wildman–Crippen MR) is 113 cm³/mol. The van der Waals surface area contributed by atoms with Crippen molar-refractivity contribution in [1.29, 1.82) is 0 Å². The highest BCUT2D eigenvalue weighted by molar-refractivity contribution is 6.42. The molecule has 4 rings (SSSR count). The van der Waals surface area contributed by atoms with E-state index in [1.807, 2.05) is 18.2 Å². The van der Waals surface area contributed by atoms with Crippen LogP contribution in [0.1, 0.15) is 29.3 Å². The summed E-state index contributed by atoms with van der Waals surface area (Å²) in [6.45, 7) is 6.36. The first-order valence-corrected chi connectivity index (χ1v) is 9.64. The van der Waals surface area contributed by atoms with Gasteiger partial charge in [-0.2, -0.15) is 0 Å². The normalized spacial score (nSPS) is 15.5. The lowest BCUT2D eigenvalue weighted by Gasteiger charge is -2.24. The van der Waals surface area contributed by atoms with E-state index in [0.717, 1.165) is 30.6 Å². The molecule has 3 aromatic rings. The number of fused-ring (bicyclic) bond motifs is 3. The number of allylic oxidation sites excluding steroid dienone is 1. The van der Waals surface area contributed by atoms with Gasteiger partial charge in [-0.3, -0.25) is 0 Å². The average Bonchev–Trinajstić information content (AvgIpc) is 2.89. The van der Waals surface area contributed by atoms with Gasteiger partial charge >= 0.3 is 0 Å². The highest BCUT2D eigenvalue weighted by Crippen LogP contribution is 2.33. The molecule has 134 valence electrons. The third kappa shape index (κ3) is 3.07. The molecule has 0 fully saturated rings. The van der Waals surface area contributed by atoms with Crippen molar-refractivity contribution in [1.82, 2.24) is 9.47 Å². The molecule has 0 atom stereocenters. The molecule has 0 unspecified atom stereocenters. The Morgan fingerprint density at radius 2 is 1.88 bits per heavy atom. The van der Waals surface area contributed by atoms with E-state index in [1.54, 1.807) is 0 Å². The second-order valence-corrected chi connectivity index (χ2v) is 8.06. The van der Waals surface area contributed by atoms with Crippen LogP contribution < -0.4 is 0 Å². The fraction of sp³-hybridized carbons (Fsp3) is 0.273. The second kappa shape index (κ2) is 6.77. The molecule has 4 heteroatoms. The Labute approximate surface area is 164 Å². The third-order valence-electron chi connectivity index (χ3n) is 5.24. The van der Waals surface area contributed by atoms with Gasteiger partial charge in [0.15, 0.2) is 0 Å². The van der Waals surface area contributed by atoms with Crippen LogP contribution in [0.4, 0.5) is 0 Å². The Hall–Kier alpha value is -1.74. The van der Waals surface area contributed by atoms with Crippen molar-refractivity contribution in [3.8, 4) is 0 Å². The van der Waals surface area contributed by atoms with Crippen molar-refractivity contribution < 1.29 is 0 Å².